The van der Waals surface area contributed by atoms with Gasteiger partial charge in [-0.2, -0.15) is 0 Å². The van der Waals surface area contributed by atoms with Gasteiger partial charge in [0.05, 0.1) is 10.6 Å². The summed E-state index contributed by atoms with van der Waals surface area (Å²) in [6, 6.07) is 18.1. The number of rotatable bonds is 9. The van der Waals surface area contributed by atoms with Crippen molar-refractivity contribution in [3.05, 3.63) is 94.0 Å². The first-order valence-electron chi connectivity index (χ1n) is 13.1. The molecule has 0 radical (unpaired) electrons. The zero-order valence-corrected chi connectivity index (χ0v) is 25.7. The van der Waals surface area contributed by atoms with Crippen LogP contribution in [0.3, 0.4) is 0 Å². The molecule has 7 nitrogen and oxygen atoms in total. The second-order valence-corrected chi connectivity index (χ2v) is 13.4. The largest absolute Gasteiger partial charge is 0.350 e. The Morgan fingerprint density at radius 1 is 0.925 bits per heavy atom. The molecule has 0 fully saturated rings. The molecule has 0 aliphatic heterocycles. The van der Waals surface area contributed by atoms with E-state index in [2.05, 4.69) is 5.32 Å². The maximum Gasteiger partial charge on any atom is 0.264 e. The van der Waals surface area contributed by atoms with Crippen molar-refractivity contribution in [3.63, 3.8) is 0 Å². The first-order chi connectivity index (χ1) is 18.6. The number of hydrogen-bond acceptors (Lipinski definition) is 4. The average Bonchev–Trinajstić information content (AvgIpc) is 2.87. The van der Waals surface area contributed by atoms with Crippen LogP contribution < -0.4 is 9.62 Å². The number of anilines is 1. The summed E-state index contributed by atoms with van der Waals surface area (Å²) in [7, 11) is -4.16. The van der Waals surface area contributed by atoms with Crippen molar-refractivity contribution in [2.24, 2.45) is 0 Å². The van der Waals surface area contributed by atoms with Gasteiger partial charge in [-0.15, -0.1) is 0 Å². The van der Waals surface area contributed by atoms with E-state index in [9.17, 15) is 18.0 Å². The van der Waals surface area contributed by atoms with E-state index in [0.717, 1.165) is 26.6 Å². The van der Waals surface area contributed by atoms with Gasteiger partial charge in [0.25, 0.3) is 10.0 Å². The molecule has 9 heteroatoms. The van der Waals surface area contributed by atoms with Crippen LogP contribution in [0.2, 0.25) is 5.02 Å². The summed E-state index contributed by atoms with van der Waals surface area (Å²) >= 11 is 6.38. The molecule has 214 valence electrons. The number of carbonyl (C=O) groups excluding carboxylic acids is 2. The predicted molar refractivity (Wildman–Crippen MR) is 161 cm³/mol. The lowest BCUT2D eigenvalue weighted by Crippen LogP contribution is -2.54. The number of nitrogens with zero attached hydrogens (tertiary/aromatic N) is 2. The SMILES string of the molecule is Cc1ccc(S(=O)(=O)N(CC(=O)N(Cc2ccccc2C)C(C)C(=O)NC(C)(C)C)c2ccc(C)c(Cl)c2)cc1. The van der Waals surface area contributed by atoms with Gasteiger partial charge in [-0.05, 0) is 89.4 Å². The first-order valence-corrected chi connectivity index (χ1v) is 14.9. The van der Waals surface area contributed by atoms with Crippen molar-refractivity contribution in [1.82, 2.24) is 10.2 Å². The fourth-order valence-corrected chi connectivity index (χ4v) is 5.71. The van der Waals surface area contributed by atoms with E-state index in [1.807, 2.05) is 65.8 Å². The normalized spacial score (nSPS) is 12.5. The van der Waals surface area contributed by atoms with Crippen molar-refractivity contribution in [2.45, 2.75) is 71.5 Å². The third kappa shape index (κ3) is 7.64. The van der Waals surface area contributed by atoms with Crippen LogP contribution in [0, 0.1) is 20.8 Å². The predicted octanol–water partition coefficient (Wildman–Crippen LogP) is 5.79. The minimum atomic E-state index is -4.16. The van der Waals surface area contributed by atoms with Gasteiger partial charge >= 0.3 is 0 Å². The highest BCUT2D eigenvalue weighted by molar-refractivity contribution is 7.92. The minimum absolute atomic E-state index is 0.0478. The van der Waals surface area contributed by atoms with E-state index in [0.29, 0.717) is 5.02 Å². The van der Waals surface area contributed by atoms with Crippen LogP contribution in [0.5, 0.6) is 0 Å². The molecule has 2 amide bonds. The van der Waals surface area contributed by atoms with Gasteiger partial charge in [-0.25, -0.2) is 8.42 Å². The highest BCUT2D eigenvalue weighted by Gasteiger charge is 2.33. The Kier molecular flexibility index (Phi) is 9.69. The van der Waals surface area contributed by atoms with E-state index >= 15 is 0 Å². The zero-order valence-electron chi connectivity index (χ0n) is 24.2. The molecule has 0 saturated heterocycles. The van der Waals surface area contributed by atoms with Gasteiger partial charge in [0.2, 0.25) is 11.8 Å². The fraction of sp³-hybridized carbons (Fsp3) is 0.355. The molecular formula is C31H38ClN3O4S. The van der Waals surface area contributed by atoms with Crippen molar-refractivity contribution in [3.8, 4) is 0 Å². The Bertz CT molecular complexity index is 1480. The van der Waals surface area contributed by atoms with E-state index in [-0.39, 0.29) is 23.0 Å². The van der Waals surface area contributed by atoms with E-state index < -0.39 is 34.1 Å². The second kappa shape index (κ2) is 12.4. The van der Waals surface area contributed by atoms with Crippen molar-refractivity contribution in [2.75, 3.05) is 10.8 Å². The summed E-state index contributed by atoms with van der Waals surface area (Å²) in [5, 5.41) is 3.31. The number of halogens is 1. The van der Waals surface area contributed by atoms with Gasteiger partial charge in [-0.1, -0.05) is 59.6 Å². The maximum atomic E-state index is 14.0. The summed E-state index contributed by atoms with van der Waals surface area (Å²) in [6.07, 6.45) is 0. The van der Waals surface area contributed by atoms with Gasteiger partial charge < -0.3 is 10.2 Å². The average molecular weight is 584 g/mol. The molecule has 0 bridgehead atoms. The molecule has 0 aromatic heterocycles. The summed E-state index contributed by atoms with van der Waals surface area (Å²) in [6.45, 7) is 12.5. The molecule has 0 aliphatic rings. The molecular weight excluding hydrogens is 546 g/mol. The van der Waals surface area contributed by atoms with Crippen LogP contribution in [0.15, 0.2) is 71.6 Å². The van der Waals surface area contributed by atoms with Crippen LogP contribution in [-0.2, 0) is 26.2 Å². The lowest BCUT2D eigenvalue weighted by atomic mass is 10.1. The van der Waals surface area contributed by atoms with E-state index in [1.54, 1.807) is 31.2 Å². The standard InChI is InChI=1S/C31H38ClN3O4S/c1-21-12-16-27(17-13-21)40(38,39)35(26-15-14-23(3)28(32)18-26)20-29(36)34(19-25-11-9-8-10-22(25)2)24(4)30(37)33-31(5,6)7/h8-18,24H,19-20H2,1-7H3,(H,33,37). The summed E-state index contributed by atoms with van der Waals surface area (Å²) in [5.41, 5.74) is 3.24. The number of amides is 2. The van der Waals surface area contributed by atoms with Crippen LogP contribution >= 0.6 is 11.6 Å². The Morgan fingerprint density at radius 2 is 1.55 bits per heavy atom. The summed E-state index contributed by atoms with van der Waals surface area (Å²) < 4.78 is 28.9. The molecule has 3 aromatic carbocycles. The van der Waals surface area contributed by atoms with Gasteiger partial charge in [-0.3, -0.25) is 13.9 Å². The molecule has 0 aliphatic carbocycles. The number of hydrogen-bond donors (Lipinski definition) is 1. The number of aryl methyl sites for hydroxylation is 3. The van der Waals surface area contributed by atoms with E-state index in [1.165, 1.54) is 23.1 Å². The van der Waals surface area contributed by atoms with Crippen LogP contribution in [0.25, 0.3) is 0 Å². The van der Waals surface area contributed by atoms with Crippen molar-refractivity contribution < 1.29 is 18.0 Å². The minimum Gasteiger partial charge on any atom is -0.350 e. The monoisotopic (exact) mass is 583 g/mol. The Labute approximate surface area is 243 Å². The fourth-order valence-electron chi connectivity index (χ4n) is 4.13. The van der Waals surface area contributed by atoms with Crippen molar-refractivity contribution >= 4 is 39.1 Å². The lowest BCUT2D eigenvalue weighted by Gasteiger charge is -2.34. The number of benzene rings is 3. The quantitative estimate of drug-likeness (QED) is 0.345. The Hall–Kier alpha value is -3.36. The molecule has 1 unspecified atom stereocenters. The third-order valence-electron chi connectivity index (χ3n) is 6.60. The lowest BCUT2D eigenvalue weighted by molar-refractivity contribution is -0.140. The van der Waals surface area contributed by atoms with Gasteiger partial charge in [0.15, 0.2) is 0 Å². The second-order valence-electron chi connectivity index (χ2n) is 11.1. The molecule has 0 spiro atoms. The highest BCUT2D eigenvalue weighted by Crippen LogP contribution is 2.29. The maximum absolute atomic E-state index is 14.0. The molecule has 40 heavy (non-hydrogen) atoms. The summed E-state index contributed by atoms with van der Waals surface area (Å²) in [5.74, 6) is -0.854. The van der Waals surface area contributed by atoms with Gasteiger partial charge in [0.1, 0.15) is 12.6 Å². The molecule has 0 heterocycles. The number of carbonyl (C=O) groups is 2. The topological polar surface area (TPSA) is 86.8 Å². The highest BCUT2D eigenvalue weighted by atomic mass is 35.5. The number of sulfonamides is 1. The van der Waals surface area contributed by atoms with Crippen LogP contribution in [0.1, 0.15) is 49.9 Å². The van der Waals surface area contributed by atoms with Gasteiger partial charge in [0, 0.05) is 17.1 Å². The molecule has 1 atom stereocenters. The molecule has 1 N–H and O–H groups in total. The van der Waals surface area contributed by atoms with E-state index in [4.69, 9.17) is 11.6 Å². The van der Waals surface area contributed by atoms with Crippen LogP contribution in [0.4, 0.5) is 5.69 Å². The summed E-state index contributed by atoms with van der Waals surface area (Å²) in [4.78, 5) is 28.7. The first kappa shape index (κ1) is 31.2. The number of nitrogens with one attached hydrogen (secondary N) is 1. The Morgan fingerprint density at radius 3 is 2.12 bits per heavy atom. The smallest absolute Gasteiger partial charge is 0.264 e. The third-order valence-corrected chi connectivity index (χ3v) is 8.79. The molecule has 3 aromatic rings. The van der Waals surface area contributed by atoms with Crippen LogP contribution in [-0.4, -0.2) is 43.3 Å². The zero-order chi connectivity index (χ0) is 29.8. The Balaban J connectivity index is 2.08. The molecule has 3 rings (SSSR count). The van der Waals surface area contributed by atoms with Crippen molar-refractivity contribution in [1.29, 1.82) is 0 Å². The molecule has 0 saturated carbocycles.